The molecule has 0 aromatic rings. The zero-order valence-electron chi connectivity index (χ0n) is 17.9. The molecule has 0 aromatic heterocycles. The van der Waals surface area contributed by atoms with E-state index in [2.05, 4.69) is 38.7 Å². The third kappa shape index (κ3) is 19.7. The third-order valence-corrected chi connectivity index (χ3v) is 5.49. The van der Waals surface area contributed by atoms with Crippen LogP contribution in [0.2, 0.25) is 19.6 Å². The van der Waals surface area contributed by atoms with Gasteiger partial charge in [0.05, 0.1) is 14.2 Å². The van der Waals surface area contributed by atoms with Crippen LogP contribution in [0.4, 0.5) is 0 Å². The SMILES string of the molecule is CCCCCC[C@H](CC=CCCCCCCCC(=O)O)OC[Si](C)(C)C. The van der Waals surface area contributed by atoms with Crippen LogP contribution in [0.5, 0.6) is 0 Å². The van der Waals surface area contributed by atoms with Crippen molar-refractivity contribution < 1.29 is 14.6 Å². The van der Waals surface area contributed by atoms with E-state index in [1.54, 1.807) is 0 Å². The number of ether oxygens (including phenoxy) is 1. The van der Waals surface area contributed by atoms with Gasteiger partial charge in [-0.15, -0.1) is 0 Å². The van der Waals surface area contributed by atoms with Crippen molar-refractivity contribution in [3.63, 3.8) is 0 Å². The highest BCUT2D eigenvalue weighted by Gasteiger charge is 2.16. The Morgan fingerprint density at radius 3 is 2.27 bits per heavy atom. The Balaban J connectivity index is 3.86. The van der Waals surface area contributed by atoms with Gasteiger partial charge in [0.15, 0.2) is 0 Å². The molecule has 4 heteroatoms. The molecule has 1 N–H and O–H groups in total. The van der Waals surface area contributed by atoms with E-state index < -0.39 is 14.0 Å². The Kier molecular flexibility index (Phi) is 16.2. The number of allylic oxidation sites excluding steroid dienone is 1. The van der Waals surface area contributed by atoms with Gasteiger partial charge in [-0.25, -0.2) is 0 Å². The van der Waals surface area contributed by atoms with Gasteiger partial charge in [0.2, 0.25) is 0 Å². The molecule has 0 amide bonds. The average molecular weight is 385 g/mol. The molecule has 0 aliphatic rings. The normalized spacial score (nSPS) is 13.4. The molecule has 0 aliphatic carbocycles. The van der Waals surface area contributed by atoms with E-state index in [9.17, 15) is 4.79 Å². The van der Waals surface area contributed by atoms with Crippen LogP contribution in [0.1, 0.15) is 90.4 Å². The van der Waals surface area contributed by atoms with E-state index in [1.165, 1.54) is 44.9 Å². The van der Waals surface area contributed by atoms with Crippen molar-refractivity contribution in [1.29, 1.82) is 0 Å². The zero-order chi connectivity index (χ0) is 19.7. The number of carbonyl (C=O) groups is 1. The largest absolute Gasteiger partial charge is 0.481 e. The van der Waals surface area contributed by atoms with Crippen molar-refractivity contribution in [3.8, 4) is 0 Å². The lowest BCUT2D eigenvalue weighted by atomic mass is 10.1. The zero-order valence-corrected chi connectivity index (χ0v) is 18.9. The number of aliphatic carboxylic acids is 1. The minimum absolute atomic E-state index is 0.316. The predicted octanol–water partition coefficient (Wildman–Crippen LogP) is 6.98. The van der Waals surface area contributed by atoms with E-state index in [-0.39, 0.29) is 0 Å². The summed E-state index contributed by atoms with van der Waals surface area (Å²) in [4.78, 5) is 10.4. The summed E-state index contributed by atoms with van der Waals surface area (Å²) in [5.74, 6) is -0.673. The summed E-state index contributed by atoms with van der Waals surface area (Å²) < 4.78 is 6.24. The first-order valence-corrected chi connectivity index (χ1v) is 14.5. The highest BCUT2D eigenvalue weighted by Crippen LogP contribution is 2.15. The van der Waals surface area contributed by atoms with Crippen LogP contribution < -0.4 is 0 Å². The summed E-state index contributed by atoms with van der Waals surface area (Å²) >= 11 is 0. The summed E-state index contributed by atoms with van der Waals surface area (Å²) in [6, 6.07) is 0. The Labute approximate surface area is 163 Å². The maximum absolute atomic E-state index is 10.4. The van der Waals surface area contributed by atoms with Crippen molar-refractivity contribution in [2.45, 2.75) is 116 Å². The summed E-state index contributed by atoms with van der Waals surface area (Å²) in [7, 11) is -1.14. The fraction of sp³-hybridized carbons (Fsp3) is 0.864. The smallest absolute Gasteiger partial charge is 0.303 e. The molecule has 0 radical (unpaired) electrons. The molecule has 0 heterocycles. The molecule has 0 spiro atoms. The van der Waals surface area contributed by atoms with Gasteiger partial charge in [-0.1, -0.05) is 83.7 Å². The first kappa shape index (κ1) is 25.4. The van der Waals surface area contributed by atoms with Gasteiger partial charge in [0.1, 0.15) is 0 Å². The molecule has 0 unspecified atom stereocenters. The number of hydrogen-bond acceptors (Lipinski definition) is 2. The van der Waals surface area contributed by atoms with Crippen molar-refractivity contribution in [3.05, 3.63) is 12.2 Å². The van der Waals surface area contributed by atoms with Crippen LogP contribution in [0.25, 0.3) is 0 Å². The second-order valence-electron chi connectivity index (χ2n) is 8.75. The van der Waals surface area contributed by atoms with Gasteiger partial charge < -0.3 is 9.84 Å². The highest BCUT2D eigenvalue weighted by molar-refractivity contribution is 6.76. The van der Waals surface area contributed by atoms with Crippen LogP contribution in [0, 0.1) is 0 Å². The summed E-state index contributed by atoms with van der Waals surface area (Å²) in [6.07, 6.45) is 20.4. The Morgan fingerprint density at radius 2 is 1.62 bits per heavy atom. The van der Waals surface area contributed by atoms with Crippen LogP contribution in [-0.2, 0) is 9.53 Å². The topological polar surface area (TPSA) is 46.5 Å². The molecular weight excluding hydrogens is 340 g/mol. The number of rotatable bonds is 18. The minimum atomic E-state index is -1.14. The first-order valence-electron chi connectivity index (χ1n) is 10.8. The van der Waals surface area contributed by atoms with Gasteiger partial charge >= 0.3 is 5.97 Å². The van der Waals surface area contributed by atoms with Gasteiger partial charge in [0.25, 0.3) is 0 Å². The second-order valence-corrected chi connectivity index (χ2v) is 14.2. The Hall–Kier alpha value is -0.613. The van der Waals surface area contributed by atoms with Crippen molar-refractivity contribution in [2.24, 2.45) is 0 Å². The second kappa shape index (κ2) is 16.6. The molecule has 0 rings (SSSR count). The lowest BCUT2D eigenvalue weighted by Gasteiger charge is -2.22. The van der Waals surface area contributed by atoms with Crippen molar-refractivity contribution in [2.75, 3.05) is 6.23 Å². The van der Waals surface area contributed by atoms with Crippen molar-refractivity contribution in [1.82, 2.24) is 0 Å². The Morgan fingerprint density at radius 1 is 0.962 bits per heavy atom. The summed E-state index contributed by atoms with van der Waals surface area (Å²) in [6.45, 7) is 9.36. The molecule has 1 atom stereocenters. The average Bonchev–Trinajstić information content (AvgIpc) is 2.56. The van der Waals surface area contributed by atoms with Crippen LogP contribution in [0.15, 0.2) is 12.2 Å². The molecule has 3 nitrogen and oxygen atoms in total. The van der Waals surface area contributed by atoms with Crippen LogP contribution >= 0.6 is 0 Å². The molecule has 0 saturated carbocycles. The lowest BCUT2D eigenvalue weighted by Crippen LogP contribution is -2.31. The quantitative estimate of drug-likeness (QED) is 0.157. The lowest BCUT2D eigenvalue weighted by molar-refractivity contribution is -0.137. The van der Waals surface area contributed by atoms with Gasteiger partial charge in [0, 0.05) is 12.7 Å². The highest BCUT2D eigenvalue weighted by atomic mass is 28.3. The van der Waals surface area contributed by atoms with E-state index >= 15 is 0 Å². The van der Waals surface area contributed by atoms with Crippen molar-refractivity contribution >= 4 is 14.0 Å². The molecule has 0 fully saturated rings. The van der Waals surface area contributed by atoms with E-state index in [4.69, 9.17) is 9.84 Å². The van der Waals surface area contributed by atoms with Gasteiger partial charge in [-0.2, -0.15) is 0 Å². The first-order chi connectivity index (χ1) is 12.3. The van der Waals surface area contributed by atoms with Gasteiger partial charge in [-0.05, 0) is 32.1 Å². The molecule has 26 heavy (non-hydrogen) atoms. The van der Waals surface area contributed by atoms with E-state index in [0.29, 0.717) is 12.5 Å². The fourth-order valence-corrected chi connectivity index (χ4v) is 3.61. The molecule has 0 saturated heterocycles. The number of hydrogen-bond donors (Lipinski definition) is 1. The van der Waals surface area contributed by atoms with Gasteiger partial charge in [-0.3, -0.25) is 4.79 Å². The minimum Gasteiger partial charge on any atom is -0.481 e. The van der Waals surface area contributed by atoms with Crippen LogP contribution in [-0.4, -0.2) is 31.5 Å². The predicted molar refractivity (Wildman–Crippen MR) is 116 cm³/mol. The summed E-state index contributed by atoms with van der Waals surface area (Å²) in [5, 5.41) is 8.60. The summed E-state index contributed by atoms with van der Waals surface area (Å²) in [5.41, 5.74) is 0. The monoisotopic (exact) mass is 384 g/mol. The maximum atomic E-state index is 10.4. The van der Waals surface area contributed by atoms with E-state index in [0.717, 1.165) is 38.3 Å². The van der Waals surface area contributed by atoms with Crippen LogP contribution in [0.3, 0.4) is 0 Å². The third-order valence-electron chi connectivity index (χ3n) is 4.46. The fourth-order valence-electron chi connectivity index (χ4n) is 2.87. The molecule has 154 valence electrons. The molecule has 0 bridgehead atoms. The number of carboxylic acid groups (broad SMARTS) is 1. The standard InChI is InChI=1S/C22H44O3Si/c1-5-6-7-14-17-21(25-20-26(2,3)4)18-15-12-10-8-9-11-13-16-19-22(23)24/h12,15,21H,5-11,13-14,16-20H2,1-4H3,(H,23,24)/t21-/m1/s1. The number of carboxylic acids is 1. The maximum Gasteiger partial charge on any atom is 0.303 e. The molecule has 0 aromatic carbocycles. The van der Waals surface area contributed by atoms with E-state index in [1.807, 2.05) is 0 Å². The molecule has 0 aliphatic heterocycles. The number of unbranched alkanes of at least 4 members (excludes halogenated alkanes) is 8. The molecular formula is C22H44O3Si. The Bertz CT molecular complexity index is 361.